The Bertz CT molecular complexity index is 468. The van der Waals surface area contributed by atoms with Gasteiger partial charge in [0.2, 0.25) is 0 Å². The van der Waals surface area contributed by atoms with Crippen LogP contribution in [0.25, 0.3) is 0 Å². The van der Waals surface area contributed by atoms with Gasteiger partial charge >= 0.3 is 0 Å². The van der Waals surface area contributed by atoms with Gasteiger partial charge in [0, 0.05) is 30.8 Å². The van der Waals surface area contributed by atoms with Crippen molar-refractivity contribution in [1.82, 2.24) is 20.1 Å². The summed E-state index contributed by atoms with van der Waals surface area (Å²) in [5.41, 5.74) is 0. The summed E-state index contributed by atoms with van der Waals surface area (Å²) in [6, 6.07) is 3.98. The highest BCUT2D eigenvalue weighted by molar-refractivity contribution is 7.99. The third-order valence-corrected chi connectivity index (χ3v) is 4.38. The standard InChI is InChI=1S/C10H13ClN4S2/c1-15-10(13-7-14-15)16-5-4-12-6-8-2-3-9(11)17-8/h2-3,7,12H,4-6H2,1H3. The molecule has 0 aromatic carbocycles. The van der Waals surface area contributed by atoms with Gasteiger partial charge in [0.05, 0.1) is 4.34 Å². The van der Waals surface area contributed by atoms with Crippen LogP contribution in [-0.2, 0) is 13.6 Å². The molecular formula is C10H13ClN4S2. The van der Waals surface area contributed by atoms with Crippen LogP contribution in [0.3, 0.4) is 0 Å². The van der Waals surface area contributed by atoms with Crippen molar-refractivity contribution in [2.24, 2.45) is 7.05 Å². The first-order valence-electron chi connectivity index (χ1n) is 5.17. The molecule has 2 rings (SSSR count). The van der Waals surface area contributed by atoms with Gasteiger partial charge < -0.3 is 5.32 Å². The van der Waals surface area contributed by atoms with E-state index >= 15 is 0 Å². The molecule has 92 valence electrons. The lowest BCUT2D eigenvalue weighted by Crippen LogP contribution is -2.16. The zero-order chi connectivity index (χ0) is 12.1. The van der Waals surface area contributed by atoms with Crippen molar-refractivity contribution in [2.75, 3.05) is 12.3 Å². The molecule has 1 N–H and O–H groups in total. The Kier molecular flexibility index (Phi) is 4.85. The quantitative estimate of drug-likeness (QED) is 0.655. The van der Waals surface area contributed by atoms with Crippen LogP contribution in [0, 0.1) is 0 Å². The summed E-state index contributed by atoms with van der Waals surface area (Å²) in [4.78, 5) is 5.41. The van der Waals surface area contributed by atoms with Crippen LogP contribution in [0.5, 0.6) is 0 Å². The van der Waals surface area contributed by atoms with Crippen molar-refractivity contribution in [3.63, 3.8) is 0 Å². The van der Waals surface area contributed by atoms with E-state index in [-0.39, 0.29) is 0 Å². The van der Waals surface area contributed by atoms with Gasteiger partial charge in [-0.2, -0.15) is 5.10 Å². The van der Waals surface area contributed by atoms with Gasteiger partial charge in [0.1, 0.15) is 6.33 Å². The number of nitrogens with zero attached hydrogens (tertiary/aromatic N) is 3. The summed E-state index contributed by atoms with van der Waals surface area (Å²) >= 11 is 9.17. The minimum absolute atomic E-state index is 0.843. The molecule has 0 aliphatic heterocycles. The van der Waals surface area contributed by atoms with Crippen LogP contribution in [0.4, 0.5) is 0 Å². The molecule has 0 unspecified atom stereocenters. The molecule has 17 heavy (non-hydrogen) atoms. The first kappa shape index (κ1) is 12.9. The lowest BCUT2D eigenvalue weighted by atomic mass is 10.4. The highest BCUT2D eigenvalue weighted by atomic mass is 35.5. The van der Waals surface area contributed by atoms with Gasteiger partial charge in [-0.1, -0.05) is 23.4 Å². The minimum atomic E-state index is 0.843. The molecule has 2 heterocycles. The largest absolute Gasteiger partial charge is 0.311 e. The number of hydrogen-bond acceptors (Lipinski definition) is 5. The van der Waals surface area contributed by atoms with Gasteiger partial charge in [-0.3, -0.25) is 0 Å². The van der Waals surface area contributed by atoms with Crippen molar-refractivity contribution < 1.29 is 0 Å². The predicted molar refractivity (Wildman–Crippen MR) is 72.8 cm³/mol. The van der Waals surface area contributed by atoms with Gasteiger partial charge in [-0.25, -0.2) is 9.67 Å². The molecule has 0 atom stereocenters. The Morgan fingerprint density at radius 2 is 2.41 bits per heavy atom. The van der Waals surface area contributed by atoms with E-state index in [2.05, 4.69) is 21.5 Å². The molecule has 0 fully saturated rings. The molecule has 0 saturated heterocycles. The molecule has 2 aromatic rings. The molecule has 7 heteroatoms. The molecular weight excluding hydrogens is 276 g/mol. The number of thioether (sulfide) groups is 1. The van der Waals surface area contributed by atoms with E-state index < -0.39 is 0 Å². The van der Waals surface area contributed by atoms with Gasteiger partial charge in [-0.15, -0.1) is 11.3 Å². The SMILES string of the molecule is Cn1ncnc1SCCNCc1ccc(Cl)s1. The summed E-state index contributed by atoms with van der Waals surface area (Å²) in [6.45, 7) is 1.81. The van der Waals surface area contributed by atoms with Crippen LogP contribution in [0.2, 0.25) is 4.34 Å². The molecule has 0 aliphatic rings. The Hall–Kier alpha value is -0.560. The Morgan fingerprint density at radius 1 is 1.53 bits per heavy atom. The van der Waals surface area contributed by atoms with Crippen molar-refractivity contribution >= 4 is 34.7 Å². The highest BCUT2D eigenvalue weighted by Crippen LogP contribution is 2.21. The van der Waals surface area contributed by atoms with E-state index in [4.69, 9.17) is 11.6 Å². The van der Waals surface area contributed by atoms with Crippen LogP contribution in [0.15, 0.2) is 23.6 Å². The first-order chi connectivity index (χ1) is 8.25. The predicted octanol–water partition coefficient (Wildman–Crippen LogP) is 2.41. The zero-order valence-corrected chi connectivity index (χ0v) is 11.8. The third kappa shape index (κ3) is 3.99. The summed E-state index contributed by atoms with van der Waals surface area (Å²) < 4.78 is 2.62. The molecule has 0 amide bonds. The number of nitrogens with one attached hydrogen (secondary N) is 1. The van der Waals surface area contributed by atoms with Crippen molar-refractivity contribution in [2.45, 2.75) is 11.7 Å². The van der Waals surface area contributed by atoms with E-state index in [0.29, 0.717) is 0 Å². The second-order valence-electron chi connectivity index (χ2n) is 3.40. The Morgan fingerprint density at radius 3 is 3.06 bits per heavy atom. The number of aromatic nitrogens is 3. The normalized spacial score (nSPS) is 10.9. The fourth-order valence-electron chi connectivity index (χ4n) is 1.29. The smallest absolute Gasteiger partial charge is 0.185 e. The second-order valence-corrected chi connectivity index (χ2v) is 6.26. The first-order valence-corrected chi connectivity index (χ1v) is 7.35. The maximum Gasteiger partial charge on any atom is 0.185 e. The molecule has 4 nitrogen and oxygen atoms in total. The average Bonchev–Trinajstić information content (AvgIpc) is 2.88. The van der Waals surface area contributed by atoms with E-state index in [1.165, 1.54) is 4.88 Å². The van der Waals surface area contributed by atoms with E-state index in [1.54, 1.807) is 34.1 Å². The lowest BCUT2D eigenvalue weighted by Gasteiger charge is -2.02. The number of thiophene rings is 1. The number of rotatable bonds is 6. The molecule has 0 saturated carbocycles. The van der Waals surface area contributed by atoms with Crippen LogP contribution < -0.4 is 5.32 Å². The van der Waals surface area contributed by atoms with Crippen molar-refractivity contribution in [3.8, 4) is 0 Å². The van der Waals surface area contributed by atoms with Gasteiger partial charge in [0.15, 0.2) is 5.16 Å². The number of aryl methyl sites for hydroxylation is 1. The fourth-order valence-corrected chi connectivity index (χ4v) is 3.13. The van der Waals surface area contributed by atoms with Gasteiger partial charge in [-0.05, 0) is 12.1 Å². The highest BCUT2D eigenvalue weighted by Gasteiger charge is 2.01. The van der Waals surface area contributed by atoms with Crippen LogP contribution >= 0.6 is 34.7 Å². The minimum Gasteiger partial charge on any atom is -0.311 e. The molecule has 0 bridgehead atoms. The maximum absolute atomic E-state index is 5.85. The summed E-state index contributed by atoms with van der Waals surface area (Å²) in [6.07, 6.45) is 1.57. The topological polar surface area (TPSA) is 42.7 Å². The van der Waals surface area contributed by atoms with E-state index in [0.717, 1.165) is 28.3 Å². The maximum atomic E-state index is 5.85. The lowest BCUT2D eigenvalue weighted by molar-refractivity contribution is 0.683. The third-order valence-electron chi connectivity index (χ3n) is 2.11. The zero-order valence-electron chi connectivity index (χ0n) is 9.39. The summed E-state index contributed by atoms with van der Waals surface area (Å²) in [7, 11) is 1.90. The van der Waals surface area contributed by atoms with Gasteiger partial charge in [0.25, 0.3) is 0 Å². The Balaban J connectivity index is 1.62. The van der Waals surface area contributed by atoms with E-state index in [9.17, 15) is 0 Å². The average molecular weight is 289 g/mol. The monoisotopic (exact) mass is 288 g/mol. The van der Waals surface area contributed by atoms with Crippen LogP contribution in [-0.4, -0.2) is 27.1 Å². The van der Waals surface area contributed by atoms with Crippen LogP contribution in [0.1, 0.15) is 4.88 Å². The molecule has 0 aliphatic carbocycles. The number of hydrogen-bond donors (Lipinski definition) is 1. The number of halogens is 1. The molecule has 0 radical (unpaired) electrons. The van der Waals surface area contributed by atoms with Crippen molar-refractivity contribution in [1.29, 1.82) is 0 Å². The van der Waals surface area contributed by atoms with Crippen molar-refractivity contribution in [3.05, 3.63) is 27.7 Å². The molecule has 0 spiro atoms. The summed E-state index contributed by atoms with van der Waals surface area (Å²) in [5, 5.41) is 8.34. The fraction of sp³-hybridized carbons (Fsp3) is 0.400. The molecule has 2 aromatic heterocycles. The second kappa shape index (κ2) is 6.39. The van der Waals surface area contributed by atoms with E-state index in [1.807, 2.05) is 13.1 Å². The summed E-state index contributed by atoms with van der Waals surface area (Å²) in [5.74, 6) is 0.978. The Labute approximate surface area is 113 Å².